The molecule has 1 aromatic carbocycles. The van der Waals surface area contributed by atoms with E-state index in [0.29, 0.717) is 5.75 Å². The van der Waals surface area contributed by atoms with E-state index in [9.17, 15) is 5.11 Å². The summed E-state index contributed by atoms with van der Waals surface area (Å²) >= 11 is 0. The van der Waals surface area contributed by atoms with Crippen LogP contribution in [0, 0.1) is 13.8 Å². The van der Waals surface area contributed by atoms with Gasteiger partial charge >= 0.3 is 0 Å². The first-order valence-electron chi connectivity index (χ1n) is 6.27. The Balaban J connectivity index is 2.21. The van der Waals surface area contributed by atoms with Gasteiger partial charge in [0.15, 0.2) is 0 Å². The van der Waals surface area contributed by atoms with Crippen molar-refractivity contribution in [3.05, 3.63) is 54.2 Å². The quantitative estimate of drug-likeness (QED) is 0.774. The molecule has 5 nitrogen and oxygen atoms in total. The molecule has 3 rings (SSSR count). The van der Waals surface area contributed by atoms with Crippen LogP contribution in [0.2, 0.25) is 0 Å². The van der Waals surface area contributed by atoms with Crippen molar-refractivity contribution >= 4 is 0 Å². The maximum Gasteiger partial charge on any atom is 0.147 e. The number of phenolic OH excluding ortho intramolecular Hbond substituents is 1. The summed E-state index contributed by atoms with van der Waals surface area (Å²) in [6.45, 7) is 3.88. The van der Waals surface area contributed by atoms with E-state index >= 15 is 0 Å². The molecular weight excluding hydrogens is 252 g/mol. The molecule has 3 aromatic rings. The zero-order chi connectivity index (χ0) is 14.1. The van der Waals surface area contributed by atoms with Crippen LogP contribution in [-0.4, -0.2) is 24.9 Å². The second kappa shape index (κ2) is 4.77. The number of pyridine rings is 1. The lowest BCUT2D eigenvalue weighted by molar-refractivity contribution is 0.471. The molecule has 0 saturated carbocycles. The highest BCUT2D eigenvalue weighted by Crippen LogP contribution is 2.29. The smallest absolute Gasteiger partial charge is 0.147 e. The van der Waals surface area contributed by atoms with Gasteiger partial charge in [0, 0.05) is 11.8 Å². The monoisotopic (exact) mass is 266 g/mol. The lowest BCUT2D eigenvalue weighted by Gasteiger charge is -2.11. The molecule has 0 aliphatic heterocycles. The van der Waals surface area contributed by atoms with Gasteiger partial charge in [-0.1, -0.05) is 6.07 Å². The van der Waals surface area contributed by atoms with Gasteiger partial charge in [-0.3, -0.25) is 4.57 Å². The Morgan fingerprint density at radius 3 is 2.50 bits per heavy atom. The van der Waals surface area contributed by atoms with Crippen LogP contribution in [0.25, 0.3) is 16.9 Å². The molecule has 2 heterocycles. The topological polar surface area (TPSA) is 63.8 Å². The van der Waals surface area contributed by atoms with Crippen molar-refractivity contribution in [1.29, 1.82) is 0 Å². The molecule has 1 N–H and O–H groups in total. The zero-order valence-corrected chi connectivity index (χ0v) is 11.3. The van der Waals surface area contributed by atoms with Crippen molar-refractivity contribution in [3.63, 3.8) is 0 Å². The summed E-state index contributed by atoms with van der Waals surface area (Å²) in [7, 11) is 0. The van der Waals surface area contributed by atoms with Gasteiger partial charge in [-0.2, -0.15) is 0 Å². The summed E-state index contributed by atoms with van der Waals surface area (Å²) in [5, 5.41) is 17.3. The average Bonchev–Trinajstić information content (AvgIpc) is 2.96. The zero-order valence-electron chi connectivity index (χ0n) is 11.3. The first kappa shape index (κ1) is 12.3. The molecule has 0 aliphatic carbocycles. The molecule has 0 fully saturated rings. The third-order valence-corrected chi connectivity index (χ3v) is 3.17. The Morgan fingerprint density at radius 2 is 1.80 bits per heavy atom. The van der Waals surface area contributed by atoms with Gasteiger partial charge in [-0.25, -0.2) is 4.98 Å². The minimum Gasteiger partial charge on any atom is -0.508 e. The van der Waals surface area contributed by atoms with Crippen molar-refractivity contribution in [2.45, 2.75) is 13.8 Å². The predicted molar refractivity (Wildman–Crippen MR) is 75.7 cm³/mol. The number of hydrogen-bond donors (Lipinski definition) is 1. The van der Waals surface area contributed by atoms with Gasteiger partial charge in [0.1, 0.15) is 24.2 Å². The lowest BCUT2D eigenvalue weighted by Crippen LogP contribution is -1.99. The summed E-state index contributed by atoms with van der Waals surface area (Å²) in [6, 6.07) is 7.59. The van der Waals surface area contributed by atoms with Crippen molar-refractivity contribution in [2.75, 3.05) is 0 Å². The molecule has 0 amide bonds. The fourth-order valence-electron chi connectivity index (χ4n) is 2.11. The van der Waals surface area contributed by atoms with Gasteiger partial charge in [0.2, 0.25) is 0 Å². The van der Waals surface area contributed by atoms with Crippen LogP contribution < -0.4 is 0 Å². The van der Waals surface area contributed by atoms with E-state index in [1.54, 1.807) is 23.3 Å². The number of aromatic hydroxyl groups is 1. The molecule has 0 bridgehead atoms. The Kier molecular flexibility index (Phi) is 2.95. The van der Waals surface area contributed by atoms with Gasteiger partial charge in [-0.15, -0.1) is 10.2 Å². The van der Waals surface area contributed by atoms with Crippen LogP contribution in [0.3, 0.4) is 0 Å². The Bertz CT molecular complexity index is 751. The number of rotatable bonds is 2. The van der Waals surface area contributed by atoms with Crippen molar-refractivity contribution in [2.24, 2.45) is 0 Å². The molecule has 2 aromatic heterocycles. The highest BCUT2D eigenvalue weighted by atomic mass is 16.3. The van der Waals surface area contributed by atoms with Gasteiger partial charge in [-0.05, 0) is 48.7 Å². The molecule has 20 heavy (non-hydrogen) atoms. The number of phenols is 1. The molecular formula is C15H14N4O. The molecule has 5 heteroatoms. The highest BCUT2D eigenvalue weighted by Gasteiger charge is 2.10. The standard InChI is InChI=1S/C15H14N4O/c1-10-5-13(12-3-4-14(20)11(2)6-12)15(16-7-10)19-8-17-18-9-19/h3-9,20H,1-2H3. The molecule has 0 radical (unpaired) electrons. The first-order valence-corrected chi connectivity index (χ1v) is 6.27. The normalized spacial score (nSPS) is 10.7. The Labute approximate surface area is 116 Å². The molecule has 0 unspecified atom stereocenters. The minimum atomic E-state index is 0.292. The van der Waals surface area contributed by atoms with Gasteiger partial charge in [0.25, 0.3) is 0 Å². The molecule has 0 saturated heterocycles. The number of benzene rings is 1. The molecule has 100 valence electrons. The largest absolute Gasteiger partial charge is 0.508 e. The Morgan fingerprint density at radius 1 is 1.05 bits per heavy atom. The average molecular weight is 266 g/mol. The lowest BCUT2D eigenvalue weighted by atomic mass is 10.0. The van der Waals surface area contributed by atoms with E-state index in [1.807, 2.05) is 32.2 Å². The summed E-state index contributed by atoms with van der Waals surface area (Å²) in [4.78, 5) is 4.47. The third kappa shape index (κ3) is 2.14. The van der Waals surface area contributed by atoms with Crippen LogP contribution in [0.5, 0.6) is 5.75 Å². The third-order valence-electron chi connectivity index (χ3n) is 3.17. The van der Waals surface area contributed by atoms with E-state index in [1.165, 1.54) is 0 Å². The van der Waals surface area contributed by atoms with Crippen LogP contribution in [0.15, 0.2) is 43.1 Å². The van der Waals surface area contributed by atoms with Crippen molar-refractivity contribution in [3.8, 4) is 22.7 Å². The summed E-state index contributed by atoms with van der Waals surface area (Å²) in [5.74, 6) is 1.06. The van der Waals surface area contributed by atoms with Gasteiger partial charge in [0.05, 0.1) is 0 Å². The fraction of sp³-hybridized carbons (Fsp3) is 0.133. The summed E-state index contributed by atoms with van der Waals surface area (Å²) in [6.07, 6.45) is 5.05. The highest BCUT2D eigenvalue weighted by molar-refractivity contribution is 5.72. The fourth-order valence-corrected chi connectivity index (χ4v) is 2.11. The number of aryl methyl sites for hydroxylation is 2. The van der Waals surface area contributed by atoms with Gasteiger partial charge < -0.3 is 5.11 Å². The van der Waals surface area contributed by atoms with E-state index in [2.05, 4.69) is 21.2 Å². The van der Waals surface area contributed by atoms with Crippen LogP contribution in [0.1, 0.15) is 11.1 Å². The predicted octanol–water partition coefficient (Wildman–Crippen LogP) is 2.65. The van der Waals surface area contributed by atoms with E-state index in [0.717, 1.165) is 28.1 Å². The maximum absolute atomic E-state index is 9.66. The Hall–Kier alpha value is -2.69. The second-order valence-corrected chi connectivity index (χ2v) is 4.75. The van der Waals surface area contributed by atoms with Crippen molar-refractivity contribution in [1.82, 2.24) is 19.7 Å². The first-order chi connectivity index (χ1) is 9.65. The molecule has 0 spiro atoms. The number of nitrogens with zero attached hydrogens (tertiary/aromatic N) is 4. The van der Waals surface area contributed by atoms with Crippen LogP contribution in [-0.2, 0) is 0 Å². The molecule has 0 aliphatic rings. The summed E-state index contributed by atoms with van der Waals surface area (Å²) < 4.78 is 1.77. The minimum absolute atomic E-state index is 0.292. The van der Waals surface area contributed by atoms with E-state index in [4.69, 9.17) is 0 Å². The number of hydrogen-bond acceptors (Lipinski definition) is 4. The summed E-state index contributed by atoms with van der Waals surface area (Å²) in [5.41, 5.74) is 3.88. The van der Waals surface area contributed by atoms with Crippen LogP contribution in [0.4, 0.5) is 0 Å². The number of aromatic nitrogens is 4. The second-order valence-electron chi connectivity index (χ2n) is 4.75. The SMILES string of the molecule is Cc1cnc(-n2cnnc2)c(-c2ccc(O)c(C)c2)c1. The van der Waals surface area contributed by atoms with E-state index in [-0.39, 0.29) is 0 Å². The van der Waals surface area contributed by atoms with E-state index < -0.39 is 0 Å². The molecule has 0 atom stereocenters. The van der Waals surface area contributed by atoms with Crippen molar-refractivity contribution < 1.29 is 5.11 Å². The van der Waals surface area contributed by atoms with Crippen LogP contribution >= 0.6 is 0 Å². The maximum atomic E-state index is 9.66.